The van der Waals surface area contributed by atoms with Crippen molar-refractivity contribution < 1.29 is 0 Å². The van der Waals surface area contributed by atoms with Crippen LogP contribution < -0.4 is 15.5 Å². The highest BCUT2D eigenvalue weighted by molar-refractivity contribution is 14.0. The van der Waals surface area contributed by atoms with Gasteiger partial charge in [-0.3, -0.25) is 0 Å². The Kier molecular flexibility index (Phi) is 9.26. The van der Waals surface area contributed by atoms with Crippen molar-refractivity contribution in [2.24, 2.45) is 4.99 Å². The minimum absolute atomic E-state index is 0. The summed E-state index contributed by atoms with van der Waals surface area (Å²) in [6, 6.07) is 14.6. The van der Waals surface area contributed by atoms with Gasteiger partial charge in [-0.15, -0.1) is 24.0 Å². The predicted octanol–water partition coefficient (Wildman–Crippen LogP) is 3.58. The molecule has 6 heteroatoms. The number of anilines is 1. The molecule has 1 unspecified atom stereocenters. The Morgan fingerprint density at radius 1 is 1.20 bits per heavy atom. The summed E-state index contributed by atoms with van der Waals surface area (Å²) >= 11 is 0. The van der Waals surface area contributed by atoms with E-state index >= 15 is 0 Å². The van der Waals surface area contributed by atoms with Crippen LogP contribution in [-0.4, -0.2) is 31.6 Å². The normalized spacial score (nSPS) is 12.1. The van der Waals surface area contributed by atoms with Gasteiger partial charge in [0, 0.05) is 26.8 Å². The van der Waals surface area contributed by atoms with Crippen LogP contribution in [0.2, 0.25) is 0 Å². The number of guanidine groups is 1. The van der Waals surface area contributed by atoms with Gasteiger partial charge in [-0.05, 0) is 37.1 Å². The third kappa shape index (κ3) is 6.89. The molecule has 0 saturated carbocycles. The lowest BCUT2D eigenvalue weighted by atomic mass is 10.1. The first kappa shape index (κ1) is 21.2. The quantitative estimate of drug-likeness (QED) is 0.399. The zero-order chi connectivity index (χ0) is 17.4. The van der Waals surface area contributed by atoms with Crippen LogP contribution in [0.1, 0.15) is 31.0 Å². The van der Waals surface area contributed by atoms with Crippen molar-refractivity contribution in [2.75, 3.05) is 25.5 Å². The summed E-state index contributed by atoms with van der Waals surface area (Å²) < 4.78 is 0. The van der Waals surface area contributed by atoms with Crippen molar-refractivity contribution in [1.29, 1.82) is 0 Å². The van der Waals surface area contributed by atoms with E-state index in [9.17, 15) is 0 Å². The molecule has 1 atom stereocenters. The van der Waals surface area contributed by atoms with Crippen LogP contribution in [0.25, 0.3) is 0 Å². The van der Waals surface area contributed by atoms with Crippen LogP contribution in [0.4, 0.5) is 5.82 Å². The minimum atomic E-state index is 0. The molecule has 2 N–H and O–H groups in total. The van der Waals surface area contributed by atoms with E-state index < -0.39 is 0 Å². The van der Waals surface area contributed by atoms with Crippen LogP contribution in [-0.2, 0) is 6.54 Å². The summed E-state index contributed by atoms with van der Waals surface area (Å²) in [7, 11) is 3.98. The molecule has 136 valence electrons. The third-order valence-electron chi connectivity index (χ3n) is 3.68. The molecule has 0 aliphatic heterocycles. The number of pyridine rings is 1. The summed E-state index contributed by atoms with van der Waals surface area (Å²) in [4.78, 5) is 11.0. The Balaban J connectivity index is 0.00000312. The van der Waals surface area contributed by atoms with Crippen molar-refractivity contribution >= 4 is 35.8 Å². The number of benzene rings is 1. The van der Waals surface area contributed by atoms with Gasteiger partial charge in [-0.2, -0.15) is 0 Å². The Morgan fingerprint density at radius 3 is 2.56 bits per heavy atom. The lowest BCUT2D eigenvalue weighted by molar-refractivity contribution is 0.686. The average molecular weight is 453 g/mol. The van der Waals surface area contributed by atoms with Crippen molar-refractivity contribution in [2.45, 2.75) is 26.4 Å². The maximum absolute atomic E-state index is 4.70. The van der Waals surface area contributed by atoms with Gasteiger partial charge in [0.25, 0.3) is 0 Å². The number of aliphatic imine (C=N–C) groups is 1. The summed E-state index contributed by atoms with van der Waals surface area (Å²) in [6.45, 7) is 5.65. The molecule has 2 aromatic rings. The Morgan fingerprint density at radius 2 is 1.92 bits per heavy atom. The maximum Gasteiger partial charge on any atom is 0.192 e. The molecule has 0 bridgehead atoms. The number of halogens is 1. The first-order valence-electron chi connectivity index (χ1n) is 8.32. The van der Waals surface area contributed by atoms with E-state index in [4.69, 9.17) is 4.99 Å². The van der Waals surface area contributed by atoms with E-state index in [0.29, 0.717) is 6.54 Å². The van der Waals surface area contributed by atoms with Gasteiger partial charge >= 0.3 is 0 Å². The fourth-order valence-electron chi connectivity index (χ4n) is 2.32. The minimum Gasteiger partial charge on any atom is -0.363 e. The van der Waals surface area contributed by atoms with E-state index in [2.05, 4.69) is 59.8 Å². The summed E-state index contributed by atoms with van der Waals surface area (Å²) in [5.74, 6) is 1.76. The summed E-state index contributed by atoms with van der Waals surface area (Å²) in [5, 5.41) is 6.76. The second-order valence-corrected chi connectivity index (χ2v) is 5.89. The Labute approximate surface area is 168 Å². The number of hydrogen-bond donors (Lipinski definition) is 2. The largest absolute Gasteiger partial charge is 0.363 e. The monoisotopic (exact) mass is 453 g/mol. The second kappa shape index (κ2) is 10.9. The summed E-state index contributed by atoms with van der Waals surface area (Å²) in [5.41, 5.74) is 2.38. The van der Waals surface area contributed by atoms with Gasteiger partial charge in [0.05, 0.1) is 12.6 Å². The van der Waals surface area contributed by atoms with E-state index in [-0.39, 0.29) is 30.0 Å². The highest BCUT2D eigenvalue weighted by Crippen LogP contribution is 2.12. The first-order valence-corrected chi connectivity index (χ1v) is 8.32. The van der Waals surface area contributed by atoms with Gasteiger partial charge in [-0.1, -0.05) is 30.3 Å². The van der Waals surface area contributed by atoms with Crippen LogP contribution in [0.3, 0.4) is 0 Å². The molecule has 0 fully saturated rings. The van der Waals surface area contributed by atoms with E-state index in [1.54, 1.807) is 0 Å². The van der Waals surface area contributed by atoms with Gasteiger partial charge < -0.3 is 15.5 Å². The van der Waals surface area contributed by atoms with Crippen LogP contribution >= 0.6 is 24.0 Å². The third-order valence-corrected chi connectivity index (χ3v) is 3.68. The molecular formula is C19H28IN5. The van der Waals surface area contributed by atoms with E-state index in [1.165, 1.54) is 5.56 Å². The van der Waals surface area contributed by atoms with Gasteiger partial charge in [-0.25, -0.2) is 9.98 Å². The predicted molar refractivity (Wildman–Crippen MR) is 117 cm³/mol. The van der Waals surface area contributed by atoms with Gasteiger partial charge in [0.1, 0.15) is 5.82 Å². The maximum atomic E-state index is 4.70. The lowest BCUT2D eigenvalue weighted by Gasteiger charge is -2.18. The van der Waals surface area contributed by atoms with Gasteiger partial charge in [0.15, 0.2) is 5.96 Å². The van der Waals surface area contributed by atoms with E-state index in [0.717, 1.165) is 23.9 Å². The Hall–Kier alpha value is -1.83. The topological polar surface area (TPSA) is 52.6 Å². The van der Waals surface area contributed by atoms with Crippen LogP contribution in [0.15, 0.2) is 53.7 Å². The number of nitrogens with one attached hydrogen (secondary N) is 2. The molecule has 5 nitrogen and oxygen atoms in total. The molecule has 0 spiro atoms. The smallest absolute Gasteiger partial charge is 0.192 e. The van der Waals surface area contributed by atoms with Crippen molar-refractivity contribution in [1.82, 2.24) is 15.6 Å². The molecule has 0 amide bonds. The SMILES string of the molecule is CCNC(=NCc1ccnc(N(C)C)c1)NC(C)c1ccccc1.I. The molecule has 0 aliphatic carbocycles. The molecule has 1 aromatic heterocycles. The number of hydrogen-bond acceptors (Lipinski definition) is 3. The summed E-state index contributed by atoms with van der Waals surface area (Å²) in [6.07, 6.45) is 1.83. The molecule has 25 heavy (non-hydrogen) atoms. The van der Waals surface area contributed by atoms with Crippen molar-refractivity contribution in [3.05, 3.63) is 59.8 Å². The van der Waals surface area contributed by atoms with Crippen LogP contribution in [0.5, 0.6) is 0 Å². The second-order valence-electron chi connectivity index (χ2n) is 5.89. The molecule has 0 radical (unpaired) electrons. The molecule has 0 aliphatic rings. The fraction of sp³-hybridized carbons (Fsp3) is 0.368. The number of nitrogens with zero attached hydrogens (tertiary/aromatic N) is 3. The molecule has 1 heterocycles. The highest BCUT2D eigenvalue weighted by Gasteiger charge is 2.07. The molecular weight excluding hydrogens is 425 g/mol. The molecule has 2 rings (SSSR count). The average Bonchev–Trinajstić information content (AvgIpc) is 2.61. The van der Waals surface area contributed by atoms with Crippen LogP contribution in [0, 0.1) is 0 Å². The van der Waals surface area contributed by atoms with E-state index in [1.807, 2.05) is 37.3 Å². The van der Waals surface area contributed by atoms with Gasteiger partial charge in [0.2, 0.25) is 0 Å². The zero-order valence-corrected chi connectivity index (χ0v) is 17.7. The zero-order valence-electron chi connectivity index (χ0n) is 15.4. The number of rotatable bonds is 6. The first-order chi connectivity index (χ1) is 11.6. The Bertz CT molecular complexity index is 658. The standard InChI is InChI=1S/C19H27N5.HI/c1-5-20-19(23-15(2)17-9-7-6-8-10-17)22-14-16-11-12-21-18(13-16)24(3)4;/h6-13,15H,5,14H2,1-4H3,(H2,20,22,23);1H. The molecule has 1 aromatic carbocycles. The van der Waals surface area contributed by atoms with Crippen molar-refractivity contribution in [3.63, 3.8) is 0 Å². The van der Waals surface area contributed by atoms with Crippen molar-refractivity contribution in [3.8, 4) is 0 Å². The highest BCUT2D eigenvalue weighted by atomic mass is 127. The lowest BCUT2D eigenvalue weighted by Crippen LogP contribution is -2.38. The number of aromatic nitrogens is 1. The molecule has 0 saturated heterocycles. The fourth-order valence-corrected chi connectivity index (χ4v) is 2.32.